The Labute approximate surface area is 139 Å². The standard InChI is InChI=1S/C12H16F4O8S/c13-11(12(14,15)16,25(19,20)21)9(18)23-8-3-1-2-4-10(8)22-6-7(5-17)24-10/h7-8,17H,1-6H2,(H,19,20,21). The molecule has 13 heteroatoms. The van der Waals surface area contributed by atoms with E-state index in [-0.39, 0.29) is 19.4 Å². The highest BCUT2D eigenvalue weighted by Crippen LogP contribution is 2.43. The van der Waals surface area contributed by atoms with E-state index in [4.69, 9.17) is 19.1 Å². The summed E-state index contributed by atoms with van der Waals surface area (Å²) in [7, 11) is -6.51. The molecule has 1 saturated heterocycles. The van der Waals surface area contributed by atoms with Gasteiger partial charge in [-0.1, -0.05) is 0 Å². The highest BCUT2D eigenvalue weighted by molar-refractivity contribution is 7.88. The van der Waals surface area contributed by atoms with E-state index in [1.807, 2.05) is 0 Å². The monoisotopic (exact) mass is 396 g/mol. The molecule has 1 aliphatic carbocycles. The quantitative estimate of drug-likeness (QED) is 0.405. The normalized spacial score (nSPS) is 33.2. The first-order valence-electron chi connectivity index (χ1n) is 7.24. The Hall–Kier alpha value is -1.02. The van der Waals surface area contributed by atoms with Crippen LogP contribution in [-0.2, 0) is 29.1 Å². The first-order chi connectivity index (χ1) is 11.4. The second-order valence-corrected chi connectivity index (χ2v) is 7.27. The zero-order valence-electron chi connectivity index (χ0n) is 12.7. The Kier molecular flexibility index (Phi) is 5.37. The first kappa shape index (κ1) is 20.3. The van der Waals surface area contributed by atoms with Gasteiger partial charge in [0.05, 0.1) is 13.2 Å². The van der Waals surface area contributed by atoms with Crippen LogP contribution in [0.25, 0.3) is 0 Å². The van der Waals surface area contributed by atoms with Crippen molar-refractivity contribution in [3.05, 3.63) is 0 Å². The summed E-state index contributed by atoms with van der Waals surface area (Å²) >= 11 is 0. The fourth-order valence-corrected chi connectivity index (χ4v) is 3.33. The van der Waals surface area contributed by atoms with Gasteiger partial charge in [0.25, 0.3) is 0 Å². The second kappa shape index (κ2) is 6.61. The predicted molar refractivity (Wildman–Crippen MR) is 70.4 cm³/mol. The zero-order valence-corrected chi connectivity index (χ0v) is 13.5. The SMILES string of the molecule is O=C(OC1CCCCC12OCC(CO)O2)C(F)(C(F)(F)F)S(=O)(=O)O. The summed E-state index contributed by atoms with van der Waals surface area (Å²) < 4.78 is 97.8. The fraction of sp³-hybridized carbons (Fsp3) is 0.917. The van der Waals surface area contributed by atoms with Crippen molar-refractivity contribution in [3.63, 3.8) is 0 Å². The topological polar surface area (TPSA) is 119 Å². The average molecular weight is 396 g/mol. The third-order valence-corrected chi connectivity index (χ3v) is 5.16. The number of esters is 1. The van der Waals surface area contributed by atoms with Crippen LogP contribution < -0.4 is 0 Å². The van der Waals surface area contributed by atoms with Gasteiger partial charge in [0, 0.05) is 6.42 Å². The van der Waals surface area contributed by atoms with Crippen molar-refractivity contribution >= 4 is 16.1 Å². The molecule has 1 heterocycles. The number of aliphatic hydroxyl groups is 1. The van der Waals surface area contributed by atoms with Crippen LogP contribution in [0.5, 0.6) is 0 Å². The average Bonchev–Trinajstić information content (AvgIpc) is 2.90. The van der Waals surface area contributed by atoms with E-state index in [0.29, 0.717) is 12.8 Å². The lowest BCUT2D eigenvalue weighted by Crippen LogP contribution is -2.58. The van der Waals surface area contributed by atoms with Gasteiger partial charge in [0.2, 0.25) is 5.79 Å². The Balaban J connectivity index is 2.28. The number of aliphatic hydroxyl groups excluding tert-OH is 1. The molecular formula is C12H16F4O8S. The highest BCUT2D eigenvalue weighted by Gasteiger charge is 2.73. The molecular weight excluding hydrogens is 380 g/mol. The molecule has 1 aliphatic heterocycles. The Morgan fingerprint density at radius 2 is 1.92 bits per heavy atom. The summed E-state index contributed by atoms with van der Waals surface area (Å²) in [5, 5.41) is 3.43. The van der Waals surface area contributed by atoms with E-state index in [1.54, 1.807) is 0 Å². The minimum Gasteiger partial charge on any atom is -0.453 e. The third-order valence-electron chi connectivity index (χ3n) is 4.05. The number of alkyl halides is 4. The summed E-state index contributed by atoms with van der Waals surface area (Å²) in [5.41, 5.74) is 0. The van der Waals surface area contributed by atoms with Gasteiger partial charge in [-0.05, 0) is 19.3 Å². The lowest BCUT2D eigenvalue weighted by atomic mass is 9.91. The van der Waals surface area contributed by atoms with Crippen LogP contribution in [0.4, 0.5) is 17.6 Å². The van der Waals surface area contributed by atoms with Crippen LogP contribution in [0.2, 0.25) is 0 Å². The molecule has 0 aromatic rings. The molecule has 0 bridgehead atoms. The van der Waals surface area contributed by atoms with Gasteiger partial charge >= 0.3 is 27.3 Å². The molecule has 25 heavy (non-hydrogen) atoms. The summed E-state index contributed by atoms with van der Waals surface area (Å²) in [6.45, 7) is -0.605. The predicted octanol–water partition coefficient (Wildman–Crippen LogP) is 0.692. The molecule has 1 saturated carbocycles. The number of halogens is 4. The van der Waals surface area contributed by atoms with E-state index in [0.717, 1.165) is 0 Å². The number of carbonyl (C=O) groups excluding carboxylic acids is 1. The van der Waals surface area contributed by atoms with Crippen molar-refractivity contribution in [2.75, 3.05) is 13.2 Å². The Morgan fingerprint density at radius 1 is 1.28 bits per heavy atom. The lowest BCUT2D eigenvalue weighted by Gasteiger charge is -2.39. The molecule has 8 nitrogen and oxygen atoms in total. The van der Waals surface area contributed by atoms with Gasteiger partial charge in [0.1, 0.15) is 6.10 Å². The van der Waals surface area contributed by atoms with Crippen LogP contribution in [-0.4, -0.2) is 66.4 Å². The summed E-state index contributed by atoms with van der Waals surface area (Å²) in [4.78, 5) is 11.7. The third kappa shape index (κ3) is 3.47. The highest BCUT2D eigenvalue weighted by atomic mass is 32.2. The van der Waals surface area contributed by atoms with Gasteiger partial charge < -0.3 is 19.3 Å². The molecule has 146 valence electrons. The van der Waals surface area contributed by atoms with Crippen molar-refractivity contribution in [1.29, 1.82) is 0 Å². The smallest absolute Gasteiger partial charge is 0.451 e. The van der Waals surface area contributed by atoms with Gasteiger partial charge in [-0.2, -0.15) is 21.6 Å². The summed E-state index contributed by atoms with van der Waals surface area (Å²) in [5.74, 6) is -4.53. The van der Waals surface area contributed by atoms with Crippen molar-refractivity contribution in [2.24, 2.45) is 0 Å². The number of carbonyl (C=O) groups is 1. The van der Waals surface area contributed by atoms with E-state index in [9.17, 15) is 30.8 Å². The molecule has 1 spiro atoms. The minimum atomic E-state index is -6.51. The zero-order chi connectivity index (χ0) is 19.1. The minimum absolute atomic E-state index is 0.0801. The van der Waals surface area contributed by atoms with Gasteiger partial charge in [-0.15, -0.1) is 0 Å². The fourth-order valence-electron chi connectivity index (χ4n) is 2.78. The first-order valence-corrected chi connectivity index (χ1v) is 8.68. The Bertz CT molecular complexity index is 623. The molecule has 2 N–H and O–H groups in total. The van der Waals surface area contributed by atoms with Crippen LogP contribution in [0, 0.1) is 0 Å². The Morgan fingerprint density at radius 3 is 2.40 bits per heavy atom. The number of hydrogen-bond acceptors (Lipinski definition) is 7. The van der Waals surface area contributed by atoms with Crippen LogP contribution in [0.1, 0.15) is 25.7 Å². The maximum atomic E-state index is 14.0. The molecule has 2 aliphatic rings. The van der Waals surface area contributed by atoms with Crippen molar-refractivity contribution < 1.29 is 54.6 Å². The molecule has 0 aromatic heterocycles. The maximum Gasteiger partial charge on any atom is 0.451 e. The molecule has 0 amide bonds. The van der Waals surface area contributed by atoms with Gasteiger partial charge in [0.15, 0.2) is 6.10 Å². The van der Waals surface area contributed by atoms with Crippen LogP contribution in [0.3, 0.4) is 0 Å². The molecule has 4 atom stereocenters. The lowest BCUT2D eigenvalue weighted by molar-refractivity contribution is -0.265. The molecule has 4 unspecified atom stereocenters. The molecule has 0 radical (unpaired) electrons. The van der Waals surface area contributed by atoms with Gasteiger partial charge in [-0.25, -0.2) is 9.18 Å². The van der Waals surface area contributed by atoms with Crippen molar-refractivity contribution in [2.45, 2.75) is 54.9 Å². The maximum absolute atomic E-state index is 14.0. The van der Waals surface area contributed by atoms with Crippen LogP contribution >= 0.6 is 0 Å². The summed E-state index contributed by atoms with van der Waals surface area (Å²) in [6.07, 6.45) is -7.76. The van der Waals surface area contributed by atoms with E-state index in [1.165, 1.54) is 0 Å². The van der Waals surface area contributed by atoms with Gasteiger partial charge in [-0.3, -0.25) is 4.55 Å². The van der Waals surface area contributed by atoms with E-state index >= 15 is 0 Å². The second-order valence-electron chi connectivity index (χ2n) is 5.75. The van der Waals surface area contributed by atoms with Crippen molar-refractivity contribution in [1.82, 2.24) is 0 Å². The van der Waals surface area contributed by atoms with E-state index in [2.05, 4.69) is 4.74 Å². The molecule has 2 rings (SSSR count). The molecule has 0 aromatic carbocycles. The number of rotatable bonds is 4. The van der Waals surface area contributed by atoms with Crippen molar-refractivity contribution in [3.8, 4) is 0 Å². The van der Waals surface area contributed by atoms with Crippen LogP contribution in [0.15, 0.2) is 0 Å². The molecule has 2 fully saturated rings. The number of hydrogen-bond donors (Lipinski definition) is 2. The van der Waals surface area contributed by atoms with E-state index < -0.39 is 51.9 Å². The number of ether oxygens (including phenoxy) is 3. The largest absolute Gasteiger partial charge is 0.453 e. The summed E-state index contributed by atoms with van der Waals surface area (Å²) in [6, 6.07) is 0.